The molecule has 1 aliphatic heterocycles. The lowest BCUT2D eigenvalue weighted by Gasteiger charge is -2.48. The number of alkyl halides is 3. The number of rotatable bonds is 8. The summed E-state index contributed by atoms with van der Waals surface area (Å²) >= 11 is 0. The first kappa shape index (κ1) is 23.9. The second-order valence-corrected chi connectivity index (χ2v) is 9.33. The Labute approximate surface area is 193 Å². The maximum Gasteiger partial charge on any atom is 0.416 e. The van der Waals surface area contributed by atoms with Gasteiger partial charge >= 0.3 is 6.18 Å². The van der Waals surface area contributed by atoms with E-state index in [9.17, 15) is 18.3 Å². The Bertz CT molecular complexity index is 912. The zero-order chi connectivity index (χ0) is 23.5. The standard InChI is InChI=1S/C26H32F3NO3/c1-32-23-8-3-2-7-22(23)25(13-5-14-25)24(31)17-30-15-4-6-19(16-30)18-33-21-11-9-20(10-12-21)26(27,28)29/h2-3,7-12,19,24,31H,4-6,13-18H2,1H3/t19-,24+/m0/s1. The van der Waals surface area contributed by atoms with Crippen molar-refractivity contribution in [3.05, 3.63) is 59.7 Å². The van der Waals surface area contributed by atoms with Crippen LogP contribution in [0.15, 0.2) is 48.5 Å². The van der Waals surface area contributed by atoms with Crippen LogP contribution in [0.25, 0.3) is 0 Å². The number of likely N-dealkylation sites (tertiary alicyclic amines) is 1. The molecule has 0 spiro atoms. The molecule has 2 aromatic carbocycles. The molecule has 0 amide bonds. The summed E-state index contributed by atoms with van der Waals surface area (Å²) < 4.78 is 49.6. The molecule has 1 N–H and O–H groups in total. The number of nitrogens with zero attached hydrogens (tertiary/aromatic N) is 1. The molecular weight excluding hydrogens is 431 g/mol. The Morgan fingerprint density at radius 3 is 2.45 bits per heavy atom. The molecule has 4 rings (SSSR count). The van der Waals surface area contributed by atoms with E-state index in [1.807, 2.05) is 18.2 Å². The van der Waals surface area contributed by atoms with Crippen molar-refractivity contribution in [2.24, 2.45) is 5.92 Å². The van der Waals surface area contributed by atoms with E-state index in [0.29, 0.717) is 18.9 Å². The molecule has 180 valence electrons. The summed E-state index contributed by atoms with van der Waals surface area (Å²) in [6.45, 7) is 2.78. The Balaban J connectivity index is 1.34. The maximum atomic E-state index is 12.7. The molecule has 1 aliphatic carbocycles. The maximum absolute atomic E-state index is 12.7. The van der Waals surface area contributed by atoms with Crippen molar-refractivity contribution in [2.75, 3.05) is 33.4 Å². The summed E-state index contributed by atoms with van der Waals surface area (Å²) in [5, 5.41) is 11.3. The molecule has 1 heterocycles. The first-order valence-electron chi connectivity index (χ1n) is 11.7. The summed E-state index contributed by atoms with van der Waals surface area (Å²) in [6, 6.07) is 12.8. The van der Waals surface area contributed by atoms with Gasteiger partial charge in [-0.1, -0.05) is 24.6 Å². The predicted molar refractivity (Wildman–Crippen MR) is 121 cm³/mol. The van der Waals surface area contributed by atoms with Gasteiger partial charge in [0.2, 0.25) is 0 Å². The van der Waals surface area contributed by atoms with E-state index in [4.69, 9.17) is 9.47 Å². The highest BCUT2D eigenvalue weighted by Gasteiger charge is 2.47. The van der Waals surface area contributed by atoms with Crippen LogP contribution >= 0.6 is 0 Å². The van der Waals surface area contributed by atoms with Crippen LogP contribution in [0.4, 0.5) is 13.2 Å². The van der Waals surface area contributed by atoms with Crippen LogP contribution in [0.3, 0.4) is 0 Å². The van der Waals surface area contributed by atoms with Gasteiger partial charge in [0.1, 0.15) is 11.5 Å². The number of methoxy groups -OCH3 is 1. The van der Waals surface area contributed by atoms with Gasteiger partial charge in [0.25, 0.3) is 0 Å². The van der Waals surface area contributed by atoms with Gasteiger partial charge in [0.05, 0.1) is 25.4 Å². The van der Waals surface area contributed by atoms with Gasteiger partial charge in [-0.15, -0.1) is 0 Å². The Hall–Kier alpha value is -2.25. The van der Waals surface area contributed by atoms with E-state index in [0.717, 1.165) is 68.6 Å². The molecule has 1 saturated heterocycles. The highest BCUT2D eigenvalue weighted by Crippen LogP contribution is 2.49. The second-order valence-electron chi connectivity index (χ2n) is 9.33. The number of aliphatic hydroxyl groups excluding tert-OH is 1. The molecule has 2 atom stereocenters. The fraction of sp³-hybridized carbons (Fsp3) is 0.538. The van der Waals surface area contributed by atoms with Crippen LogP contribution in [0.1, 0.15) is 43.2 Å². The van der Waals surface area contributed by atoms with E-state index in [1.165, 1.54) is 12.1 Å². The largest absolute Gasteiger partial charge is 0.496 e. The highest BCUT2D eigenvalue weighted by molar-refractivity contribution is 5.42. The molecule has 0 unspecified atom stereocenters. The molecule has 4 nitrogen and oxygen atoms in total. The molecule has 0 bridgehead atoms. The van der Waals surface area contributed by atoms with E-state index < -0.39 is 17.8 Å². The van der Waals surface area contributed by atoms with Crippen LogP contribution in [0.5, 0.6) is 11.5 Å². The summed E-state index contributed by atoms with van der Waals surface area (Å²) in [7, 11) is 1.67. The van der Waals surface area contributed by atoms with E-state index in [-0.39, 0.29) is 11.3 Å². The molecule has 2 aliphatic rings. The number of hydrogen-bond donors (Lipinski definition) is 1. The zero-order valence-electron chi connectivity index (χ0n) is 19.0. The fourth-order valence-corrected chi connectivity index (χ4v) is 5.22. The third-order valence-electron chi connectivity index (χ3n) is 7.23. The van der Waals surface area contributed by atoms with Crippen molar-refractivity contribution in [2.45, 2.75) is 49.8 Å². The van der Waals surface area contributed by atoms with Crippen LogP contribution in [0.2, 0.25) is 0 Å². The second kappa shape index (κ2) is 9.94. The van der Waals surface area contributed by atoms with Crippen molar-refractivity contribution in [3.8, 4) is 11.5 Å². The summed E-state index contributed by atoms with van der Waals surface area (Å²) in [5.41, 5.74) is 0.147. The fourth-order valence-electron chi connectivity index (χ4n) is 5.22. The first-order valence-corrected chi connectivity index (χ1v) is 11.7. The van der Waals surface area contributed by atoms with Crippen LogP contribution < -0.4 is 9.47 Å². The molecule has 0 aromatic heterocycles. The van der Waals surface area contributed by atoms with Gasteiger partial charge in [-0.05, 0) is 62.6 Å². The van der Waals surface area contributed by atoms with Gasteiger partial charge in [-0.2, -0.15) is 13.2 Å². The average Bonchev–Trinajstić information content (AvgIpc) is 2.77. The lowest BCUT2D eigenvalue weighted by molar-refractivity contribution is -0.137. The number of para-hydroxylation sites is 1. The monoisotopic (exact) mass is 463 g/mol. The van der Waals surface area contributed by atoms with Gasteiger partial charge in [0, 0.05) is 30.0 Å². The molecule has 33 heavy (non-hydrogen) atoms. The van der Waals surface area contributed by atoms with Gasteiger partial charge in [0.15, 0.2) is 0 Å². The van der Waals surface area contributed by atoms with Crippen LogP contribution in [-0.2, 0) is 11.6 Å². The topological polar surface area (TPSA) is 41.9 Å². The van der Waals surface area contributed by atoms with E-state index in [1.54, 1.807) is 7.11 Å². The highest BCUT2D eigenvalue weighted by atomic mass is 19.4. The molecule has 7 heteroatoms. The lowest BCUT2D eigenvalue weighted by atomic mass is 9.60. The molecule has 0 radical (unpaired) electrons. The third kappa shape index (κ3) is 5.30. The number of hydrogen-bond acceptors (Lipinski definition) is 4. The summed E-state index contributed by atoms with van der Waals surface area (Å²) in [5.74, 6) is 1.55. The van der Waals surface area contributed by atoms with Crippen molar-refractivity contribution < 1.29 is 27.8 Å². The van der Waals surface area contributed by atoms with Crippen molar-refractivity contribution in [1.29, 1.82) is 0 Å². The number of benzene rings is 2. The minimum Gasteiger partial charge on any atom is -0.496 e. The molecule has 1 saturated carbocycles. The van der Waals surface area contributed by atoms with Crippen molar-refractivity contribution in [3.63, 3.8) is 0 Å². The molecule has 2 aromatic rings. The Kier molecular flexibility index (Phi) is 7.19. The normalized spacial score (nSPS) is 21.8. The number of β-amino-alcohol motifs (C(OH)–C–C–N with tert-alkyl or cyclic N) is 1. The number of piperidine rings is 1. The quantitative estimate of drug-likeness (QED) is 0.578. The molecule has 2 fully saturated rings. The number of halogens is 3. The SMILES string of the molecule is COc1ccccc1C1([C@H](O)CN2CCC[C@H](COc3ccc(C(F)(F)F)cc3)C2)CCC1. The third-order valence-corrected chi connectivity index (χ3v) is 7.23. The zero-order valence-corrected chi connectivity index (χ0v) is 19.0. The average molecular weight is 464 g/mol. The van der Waals surface area contributed by atoms with Crippen molar-refractivity contribution >= 4 is 0 Å². The van der Waals surface area contributed by atoms with Gasteiger partial charge in [-0.3, -0.25) is 0 Å². The minimum atomic E-state index is -4.34. The van der Waals surface area contributed by atoms with Crippen LogP contribution in [-0.4, -0.2) is 49.5 Å². The smallest absolute Gasteiger partial charge is 0.416 e. The lowest BCUT2D eigenvalue weighted by Crippen LogP contribution is -2.52. The first-order chi connectivity index (χ1) is 15.8. The summed E-state index contributed by atoms with van der Waals surface area (Å²) in [6.07, 6.45) is 0.173. The van der Waals surface area contributed by atoms with E-state index >= 15 is 0 Å². The van der Waals surface area contributed by atoms with Crippen LogP contribution in [0, 0.1) is 5.92 Å². The van der Waals surface area contributed by atoms with E-state index in [2.05, 4.69) is 11.0 Å². The minimum absolute atomic E-state index is 0.268. The Morgan fingerprint density at radius 1 is 1.09 bits per heavy atom. The number of aliphatic hydroxyl groups is 1. The van der Waals surface area contributed by atoms with Gasteiger partial charge in [-0.25, -0.2) is 0 Å². The predicted octanol–water partition coefficient (Wildman–Crippen LogP) is 5.29. The summed E-state index contributed by atoms with van der Waals surface area (Å²) in [4.78, 5) is 2.30. The number of ether oxygens (including phenoxy) is 2. The Morgan fingerprint density at radius 2 is 1.82 bits per heavy atom. The van der Waals surface area contributed by atoms with Gasteiger partial charge < -0.3 is 19.5 Å². The van der Waals surface area contributed by atoms with Crippen molar-refractivity contribution in [1.82, 2.24) is 4.90 Å². The molecular formula is C26H32F3NO3.